The van der Waals surface area contributed by atoms with Gasteiger partial charge in [0.25, 0.3) is 0 Å². The SMILES string of the molecule is CCCCC/C=C/C/C=C/CCCCCCCCCC(CCCCCCCCC/C=C/C/C=C/CCCCC)OC(=O)N(C)CCCN(C)CC. The molecular formula is C47H88N2O2. The summed E-state index contributed by atoms with van der Waals surface area (Å²) in [7, 11) is 4.03. The zero-order valence-corrected chi connectivity index (χ0v) is 35.0. The van der Waals surface area contributed by atoms with E-state index < -0.39 is 0 Å². The number of unbranched alkanes of at least 4 members (excludes halogenated alkanes) is 20. The first kappa shape index (κ1) is 49.2. The van der Waals surface area contributed by atoms with E-state index >= 15 is 0 Å². The van der Waals surface area contributed by atoms with Crippen molar-refractivity contribution in [1.82, 2.24) is 9.80 Å². The third-order valence-electron chi connectivity index (χ3n) is 10.1. The van der Waals surface area contributed by atoms with Crippen molar-refractivity contribution < 1.29 is 9.53 Å². The van der Waals surface area contributed by atoms with Gasteiger partial charge in [0, 0.05) is 13.6 Å². The summed E-state index contributed by atoms with van der Waals surface area (Å²) < 4.78 is 6.11. The fourth-order valence-electron chi connectivity index (χ4n) is 6.40. The van der Waals surface area contributed by atoms with E-state index in [0.29, 0.717) is 0 Å². The first-order valence-corrected chi connectivity index (χ1v) is 22.2. The van der Waals surface area contributed by atoms with E-state index in [2.05, 4.69) is 81.3 Å². The Kier molecular flexibility index (Phi) is 39.5. The van der Waals surface area contributed by atoms with Crippen molar-refractivity contribution >= 4 is 6.09 Å². The van der Waals surface area contributed by atoms with E-state index in [1.807, 2.05) is 7.05 Å². The van der Waals surface area contributed by atoms with E-state index in [9.17, 15) is 4.79 Å². The molecule has 1 amide bonds. The van der Waals surface area contributed by atoms with Gasteiger partial charge in [0.05, 0.1) is 0 Å². The molecule has 0 saturated heterocycles. The number of hydrogen-bond donors (Lipinski definition) is 0. The zero-order valence-electron chi connectivity index (χ0n) is 35.0. The van der Waals surface area contributed by atoms with Gasteiger partial charge in [-0.05, 0) is 116 Å². The van der Waals surface area contributed by atoms with E-state index in [1.54, 1.807) is 4.90 Å². The van der Waals surface area contributed by atoms with Gasteiger partial charge in [-0.3, -0.25) is 0 Å². The van der Waals surface area contributed by atoms with Crippen molar-refractivity contribution in [2.24, 2.45) is 0 Å². The monoisotopic (exact) mass is 713 g/mol. The number of hydrogen-bond acceptors (Lipinski definition) is 3. The maximum absolute atomic E-state index is 12.9. The molecule has 298 valence electrons. The molecule has 0 aliphatic carbocycles. The second kappa shape index (κ2) is 41.0. The van der Waals surface area contributed by atoms with E-state index in [4.69, 9.17) is 4.74 Å². The van der Waals surface area contributed by atoms with Crippen molar-refractivity contribution in [3.8, 4) is 0 Å². The molecule has 0 spiro atoms. The third kappa shape index (κ3) is 37.7. The van der Waals surface area contributed by atoms with Gasteiger partial charge in [-0.2, -0.15) is 0 Å². The Hall–Kier alpha value is -1.81. The van der Waals surface area contributed by atoms with E-state index in [1.165, 1.54) is 154 Å². The summed E-state index contributed by atoms with van der Waals surface area (Å²) in [5, 5.41) is 0. The van der Waals surface area contributed by atoms with Crippen LogP contribution in [0.5, 0.6) is 0 Å². The lowest BCUT2D eigenvalue weighted by molar-refractivity contribution is 0.0576. The summed E-state index contributed by atoms with van der Waals surface area (Å²) in [6.45, 7) is 9.51. The van der Waals surface area contributed by atoms with Gasteiger partial charge in [0.15, 0.2) is 0 Å². The Morgan fingerprint density at radius 2 is 0.843 bits per heavy atom. The highest BCUT2D eigenvalue weighted by molar-refractivity contribution is 5.67. The molecule has 4 nitrogen and oxygen atoms in total. The van der Waals surface area contributed by atoms with Crippen molar-refractivity contribution in [3.63, 3.8) is 0 Å². The van der Waals surface area contributed by atoms with E-state index in [0.717, 1.165) is 51.7 Å². The van der Waals surface area contributed by atoms with Crippen LogP contribution < -0.4 is 0 Å². The molecule has 51 heavy (non-hydrogen) atoms. The predicted molar refractivity (Wildman–Crippen MR) is 228 cm³/mol. The molecule has 0 aromatic heterocycles. The summed E-state index contributed by atoms with van der Waals surface area (Å²) >= 11 is 0. The molecule has 0 saturated carbocycles. The molecule has 0 radical (unpaired) electrons. The second-order valence-corrected chi connectivity index (χ2v) is 15.1. The number of allylic oxidation sites excluding steroid dienone is 8. The topological polar surface area (TPSA) is 32.8 Å². The molecule has 4 heteroatoms. The Morgan fingerprint density at radius 1 is 0.471 bits per heavy atom. The largest absolute Gasteiger partial charge is 0.446 e. The van der Waals surface area contributed by atoms with Crippen LogP contribution in [0, 0.1) is 0 Å². The van der Waals surface area contributed by atoms with Gasteiger partial charge in [-0.15, -0.1) is 0 Å². The number of rotatable bonds is 38. The van der Waals surface area contributed by atoms with Gasteiger partial charge in [-0.25, -0.2) is 4.79 Å². The first-order chi connectivity index (χ1) is 25.0. The molecular weight excluding hydrogens is 625 g/mol. The lowest BCUT2D eigenvalue weighted by atomic mass is 10.0. The molecule has 0 aliphatic heterocycles. The maximum Gasteiger partial charge on any atom is 0.409 e. The standard InChI is InChI=1S/C47H88N2O2/c1-6-9-11-13-15-17-19-21-23-25-27-29-31-33-35-37-39-42-46(51-47(50)49(5)45-41-44-48(4)8-3)43-40-38-36-34-32-30-28-26-24-22-20-18-16-14-12-10-7-2/h15-18,21-24,46H,6-14,19-20,25-45H2,1-5H3/b17-15+,18-16+,23-21+,24-22+. The third-order valence-corrected chi connectivity index (χ3v) is 10.1. The molecule has 0 N–H and O–H groups in total. The average molecular weight is 713 g/mol. The summed E-state index contributed by atoms with van der Waals surface area (Å²) in [6.07, 6.45) is 54.8. The van der Waals surface area contributed by atoms with Crippen LogP contribution in [0.15, 0.2) is 48.6 Å². The van der Waals surface area contributed by atoms with Crippen LogP contribution in [-0.4, -0.2) is 55.7 Å². The van der Waals surface area contributed by atoms with Crippen LogP contribution in [0.25, 0.3) is 0 Å². The summed E-state index contributed by atoms with van der Waals surface area (Å²) in [4.78, 5) is 17.0. The molecule has 0 fully saturated rings. The molecule has 0 atom stereocenters. The van der Waals surface area contributed by atoms with Crippen LogP contribution >= 0.6 is 0 Å². The minimum atomic E-state index is -0.131. The van der Waals surface area contributed by atoms with Crippen LogP contribution in [0.1, 0.15) is 207 Å². The molecule has 0 aromatic rings. The Morgan fingerprint density at radius 3 is 1.24 bits per heavy atom. The minimum absolute atomic E-state index is 0.0641. The van der Waals surface area contributed by atoms with E-state index in [-0.39, 0.29) is 12.2 Å². The molecule has 0 rings (SSSR count). The number of amides is 1. The molecule has 0 heterocycles. The summed E-state index contributed by atoms with van der Waals surface area (Å²) in [6, 6.07) is 0. The highest BCUT2D eigenvalue weighted by atomic mass is 16.6. The van der Waals surface area contributed by atoms with Crippen molar-refractivity contribution in [3.05, 3.63) is 48.6 Å². The number of carbonyl (C=O) groups is 1. The maximum atomic E-state index is 12.9. The van der Waals surface area contributed by atoms with Crippen LogP contribution in [0.3, 0.4) is 0 Å². The lowest BCUT2D eigenvalue weighted by Gasteiger charge is -2.23. The number of carbonyl (C=O) groups excluding carboxylic acids is 1. The number of ether oxygens (including phenoxy) is 1. The zero-order chi connectivity index (χ0) is 37.3. The van der Waals surface area contributed by atoms with Gasteiger partial charge < -0.3 is 14.5 Å². The van der Waals surface area contributed by atoms with Crippen molar-refractivity contribution in [2.75, 3.05) is 33.7 Å². The van der Waals surface area contributed by atoms with Gasteiger partial charge in [0.1, 0.15) is 6.10 Å². The summed E-state index contributed by atoms with van der Waals surface area (Å²) in [5.74, 6) is 0. The fraction of sp³-hybridized carbons (Fsp3) is 0.809. The predicted octanol–water partition coefficient (Wildman–Crippen LogP) is 15.0. The fourth-order valence-corrected chi connectivity index (χ4v) is 6.40. The van der Waals surface area contributed by atoms with Crippen molar-refractivity contribution in [1.29, 1.82) is 0 Å². The lowest BCUT2D eigenvalue weighted by Crippen LogP contribution is -2.33. The highest BCUT2D eigenvalue weighted by Gasteiger charge is 2.17. The first-order valence-electron chi connectivity index (χ1n) is 22.2. The van der Waals surface area contributed by atoms with Crippen LogP contribution in [-0.2, 0) is 4.74 Å². The smallest absolute Gasteiger partial charge is 0.409 e. The molecule has 0 aromatic carbocycles. The highest BCUT2D eigenvalue weighted by Crippen LogP contribution is 2.19. The quantitative estimate of drug-likeness (QED) is 0.0472. The van der Waals surface area contributed by atoms with Gasteiger partial charge in [0.2, 0.25) is 0 Å². The molecule has 0 aliphatic rings. The molecule has 0 bridgehead atoms. The Balaban J connectivity index is 4.19. The average Bonchev–Trinajstić information content (AvgIpc) is 3.13. The van der Waals surface area contributed by atoms with Crippen LogP contribution in [0.4, 0.5) is 4.79 Å². The minimum Gasteiger partial charge on any atom is -0.446 e. The van der Waals surface area contributed by atoms with Gasteiger partial charge in [-0.1, -0.05) is 159 Å². The molecule has 0 unspecified atom stereocenters. The Bertz CT molecular complexity index is 782. The summed E-state index contributed by atoms with van der Waals surface area (Å²) in [5.41, 5.74) is 0. The number of nitrogens with zero attached hydrogens (tertiary/aromatic N) is 2. The van der Waals surface area contributed by atoms with Crippen molar-refractivity contribution in [2.45, 2.75) is 213 Å². The van der Waals surface area contributed by atoms with Gasteiger partial charge >= 0.3 is 6.09 Å². The van der Waals surface area contributed by atoms with Crippen LogP contribution in [0.2, 0.25) is 0 Å². The Labute approximate surface area is 320 Å². The normalized spacial score (nSPS) is 12.3. The second-order valence-electron chi connectivity index (χ2n) is 15.1.